The Morgan fingerprint density at radius 3 is 2.52 bits per heavy atom. The molecule has 1 amide bonds. The molecule has 1 aromatic rings. The third-order valence-corrected chi connectivity index (χ3v) is 3.15. The normalized spacial score (nSPS) is 12.3. The summed E-state index contributed by atoms with van der Waals surface area (Å²) in [6, 6.07) is 3.16. The fraction of sp³-hybridized carbons (Fsp3) is 0.500. The van der Waals surface area contributed by atoms with E-state index in [1.807, 2.05) is 32.8 Å². The number of nitro benzene ring substituents is 1. The Morgan fingerprint density at radius 1 is 1.43 bits per heavy atom. The van der Waals surface area contributed by atoms with Crippen LogP contribution >= 0.6 is 0 Å². The molecule has 1 atom stereocenters. The minimum atomic E-state index is -0.944. The first-order valence-electron chi connectivity index (χ1n) is 6.67. The summed E-state index contributed by atoms with van der Waals surface area (Å²) in [5.41, 5.74) is -0.562. The van der Waals surface area contributed by atoms with Crippen LogP contribution in [0.15, 0.2) is 18.2 Å². The van der Waals surface area contributed by atoms with Crippen molar-refractivity contribution in [2.75, 3.05) is 27.2 Å². The molecule has 0 aliphatic heterocycles. The molecule has 1 unspecified atom stereocenters. The average molecular weight is 297 g/mol. The van der Waals surface area contributed by atoms with Gasteiger partial charge in [-0.25, -0.2) is 0 Å². The van der Waals surface area contributed by atoms with Crippen LogP contribution in [-0.4, -0.2) is 53.9 Å². The van der Waals surface area contributed by atoms with Gasteiger partial charge in [-0.3, -0.25) is 14.9 Å². The third-order valence-electron chi connectivity index (χ3n) is 3.15. The van der Waals surface area contributed by atoms with Crippen molar-refractivity contribution in [1.29, 1.82) is 0 Å². The van der Waals surface area contributed by atoms with Crippen LogP contribution < -0.4 is 0 Å². The Hall–Kier alpha value is -2.02. The van der Waals surface area contributed by atoms with Gasteiger partial charge in [0.15, 0.2) is 0 Å². The van der Waals surface area contributed by atoms with Crippen LogP contribution in [0.3, 0.4) is 0 Å². The second-order valence-corrected chi connectivity index (χ2v) is 5.13. The smallest absolute Gasteiger partial charge is 0.305 e. The fourth-order valence-electron chi connectivity index (χ4n) is 2.23. The van der Waals surface area contributed by atoms with Crippen LogP contribution in [0.5, 0.6) is 0 Å². The predicted molar refractivity (Wildman–Crippen MR) is 77.8 cm³/mol. The summed E-state index contributed by atoms with van der Waals surface area (Å²) in [6.45, 7) is 4.88. The molecule has 0 spiro atoms. The maximum absolute atomic E-state index is 13.3. The van der Waals surface area contributed by atoms with Gasteiger partial charge in [-0.05, 0) is 40.1 Å². The Balaban J connectivity index is 3.05. The molecular weight excluding hydrogens is 277 g/mol. The zero-order chi connectivity index (χ0) is 16.2. The van der Waals surface area contributed by atoms with E-state index in [1.165, 1.54) is 6.07 Å². The highest BCUT2D eigenvalue weighted by molar-refractivity contribution is 5.95. The lowest BCUT2D eigenvalue weighted by molar-refractivity contribution is -0.387. The molecule has 0 bridgehead atoms. The molecule has 116 valence electrons. The number of halogens is 1. The van der Waals surface area contributed by atoms with Crippen LogP contribution in [0.4, 0.5) is 10.1 Å². The lowest BCUT2D eigenvalue weighted by Gasteiger charge is -2.30. The van der Waals surface area contributed by atoms with E-state index in [9.17, 15) is 19.3 Å². The summed E-state index contributed by atoms with van der Waals surface area (Å²) in [5.74, 6) is -1.28. The quantitative estimate of drug-likeness (QED) is 0.596. The highest BCUT2D eigenvalue weighted by atomic mass is 19.1. The molecular formula is C14H20FN3O3. The van der Waals surface area contributed by atoms with Crippen LogP contribution in [0.1, 0.15) is 24.2 Å². The first-order valence-corrected chi connectivity index (χ1v) is 6.67. The van der Waals surface area contributed by atoms with Crippen molar-refractivity contribution >= 4 is 11.6 Å². The van der Waals surface area contributed by atoms with Gasteiger partial charge in [0.1, 0.15) is 0 Å². The van der Waals surface area contributed by atoms with Crippen LogP contribution in [0.2, 0.25) is 0 Å². The van der Waals surface area contributed by atoms with Gasteiger partial charge in [-0.1, -0.05) is 0 Å². The highest BCUT2D eigenvalue weighted by Gasteiger charge is 2.23. The van der Waals surface area contributed by atoms with Gasteiger partial charge < -0.3 is 9.80 Å². The fourth-order valence-corrected chi connectivity index (χ4v) is 2.23. The number of hydrogen-bond donors (Lipinski definition) is 0. The molecule has 0 radical (unpaired) electrons. The maximum atomic E-state index is 13.3. The zero-order valence-electron chi connectivity index (χ0n) is 12.7. The largest absolute Gasteiger partial charge is 0.335 e. The van der Waals surface area contributed by atoms with Crippen molar-refractivity contribution < 1.29 is 14.1 Å². The number of nitro groups is 1. The van der Waals surface area contributed by atoms with Crippen molar-refractivity contribution in [3.63, 3.8) is 0 Å². The highest BCUT2D eigenvalue weighted by Crippen LogP contribution is 2.20. The molecule has 0 saturated heterocycles. The summed E-state index contributed by atoms with van der Waals surface area (Å²) in [4.78, 5) is 25.9. The number of likely N-dealkylation sites (N-methyl/N-ethyl adjacent to an activating group) is 2. The first kappa shape index (κ1) is 17.0. The van der Waals surface area contributed by atoms with Gasteiger partial charge in [0, 0.05) is 30.8 Å². The predicted octanol–water partition coefficient (Wildman–Crippen LogP) is 2.15. The van der Waals surface area contributed by atoms with Gasteiger partial charge in [-0.2, -0.15) is 4.39 Å². The second-order valence-electron chi connectivity index (χ2n) is 5.13. The van der Waals surface area contributed by atoms with Gasteiger partial charge in [0.2, 0.25) is 5.82 Å². The number of carbonyl (C=O) groups excluding carboxylic acids is 1. The van der Waals surface area contributed by atoms with E-state index in [0.29, 0.717) is 13.1 Å². The van der Waals surface area contributed by atoms with E-state index in [0.717, 1.165) is 12.1 Å². The molecule has 1 rings (SSSR count). The summed E-state index contributed by atoms with van der Waals surface area (Å²) in [6.07, 6.45) is 0. The van der Waals surface area contributed by atoms with E-state index in [-0.39, 0.29) is 17.5 Å². The molecule has 0 saturated carbocycles. The van der Waals surface area contributed by atoms with Gasteiger partial charge in [0.05, 0.1) is 4.92 Å². The van der Waals surface area contributed by atoms with E-state index < -0.39 is 16.4 Å². The van der Waals surface area contributed by atoms with E-state index in [4.69, 9.17) is 0 Å². The first-order chi connectivity index (χ1) is 9.77. The summed E-state index contributed by atoms with van der Waals surface area (Å²) in [5, 5.41) is 10.7. The topological polar surface area (TPSA) is 66.7 Å². The molecule has 0 aromatic heterocycles. The lowest BCUT2D eigenvalue weighted by atomic mass is 10.1. The van der Waals surface area contributed by atoms with Gasteiger partial charge in [-0.15, -0.1) is 0 Å². The van der Waals surface area contributed by atoms with Crippen LogP contribution in [0.25, 0.3) is 0 Å². The molecule has 0 N–H and O–H groups in total. The molecule has 21 heavy (non-hydrogen) atoms. The summed E-state index contributed by atoms with van der Waals surface area (Å²) in [7, 11) is 3.80. The minimum Gasteiger partial charge on any atom is -0.335 e. The number of benzene rings is 1. The van der Waals surface area contributed by atoms with Crippen molar-refractivity contribution in [3.05, 3.63) is 39.7 Å². The Bertz CT molecular complexity index is 534. The summed E-state index contributed by atoms with van der Waals surface area (Å²) >= 11 is 0. The van der Waals surface area contributed by atoms with Crippen LogP contribution in [0, 0.1) is 15.9 Å². The van der Waals surface area contributed by atoms with Crippen molar-refractivity contribution in [2.24, 2.45) is 0 Å². The standard InChI is InChI=1S/C14H20FN3O3/c1-5-17(10(2)9-16(3)4)14(19)11-6-7-12(15)13(8-11)18(20)21/h6-8,10H,5,9H2,1-4H3. The van der Waals surface area contributed by atoms with Gasteiger partial charge >= 0.3 is 5.69 Å². The maximum Gasteiger partial charge on any atom is 0.305 e. The molecule has 0 aliphatic rings. The van der Waals surface area contributed by atoms with Crippen molar-refractivity contribution in [3.8, 4) is 0 Å². The van der Waals surface area contributed by atoms with Crippen LogP contribution in [-0.2, 0) is 0 Å². The summed E-state index contributed by atoms with van der Waals surface area (Å²) < 4.78 is 13.3. The SMILES string of the molecule is CCN(C(=O)c1ccc(F)c([N+](=O)[O-])c1)C(C)CN(C)C. The molecule has 7 heteroatoms. The Kier molecular flexibility index (Phi) is 5.78. The number of hydrogen-bond acceptors (Lipinski definition) is 4. The Labute approximate surface area is 123 Å². The minimum absolute atomic E-state index is 0.0541. The molecule has 6 nitrogen and oxygen atoms in total. The molecule has 0 fully saturated rings. The van der Waals surface area contributed by atoms with E-state index >= 15 is 0 Å². The Morgan fingerprint density at radius 2 is 2.05 bits per heavy atom. The van der Waals surface area contributed by atoms with Gasteiger partial charge in [0.25, 0.3) is 5.91 Å². The monoisotopic (exact) mass is 297 g/mol. The molecule has 0 aliphatic carbocycles. The average Bonchev–Trinajstić information content (AvgIpc) is 2.38. The van der Waals surface area contributed by atoms with E-state index in [1.54, 1.807) is 4.90 Å². The lowest BCUT2D eigenvalue weighted by Crippen LogP contribution is -2.43. The van der Waals surface area contributed by atoms with Crippen molar-refractivity contribution in [2.45, 2.75) is 19.9 Å². The number of rotatable bonds is 6. The molecule has 1 aromatic carbocycles. The number of carbonyl (C=O) groups is 1. The van der Waals surface area contributed by atoms with E-state index in [2.05, 4.69) is 0 Å². The number of amides is 1. The van der Waals surface area contributed by atoms with Crippen molar-refractivity contribution in [1.82, 2.24) is 9.80 Å². The second kappa shape index (κ2) is 7.12. The third kappa shape index (κ3) is 4.22. The number of nitrogens with zero attached hydrogens (tertiary/aromatic N) is 3. The zero-order valence-corrected chi connectivity index (χ0v) is 12.7. The molecule has 0 heterocycles.